The van der Waals surface area contributed by atoms with Crippen molar-refractivity contribution in [1.82, 2.24) is 15.6 Å². The molecule has 34 heavy (non-hydrogen) atoms. The Morgan fingerprint density at radius 1 is 1.15 bits per heavy atom. The zero-order valence-electron chi connectivity index (χ0n) is 18.5. The quantitative estimate of drug-likeness (QED) is 0.237. The van der Waals surface area contributed by atoms with E-state index in [0.29, 0.717) is 22.0 Å². The van der Waals surface area contributed by atoms with Crippen molar-refractivity contribution in [2.24, 2.45) is 11.6 Å². The molecule has 174 valence electrons. The number of nitrogens with one attached hydrogen (secondary N) is 2. The van der Waals surface area contributed by atoms with Gasteiger partial charge in [-0.2, -0.15) is 5.10 Å². The molecule has 0 saturated carbocycles. The Bertz CT molecular complexity index is 1390. The van der Waals surface area contributed by atoms with Gasteiger partial charge in [-0.1, -0.05) is 58.4 Å². The lowest BCUT2D eigenvalue weighted by Crippen LogP contribution is -2.32. The molecule has 0 radical (unpaired) electrons. The molecule has 0 saturated heterocycles. The van der Waals surface area contributed by atoms with Crippen LogP contribution in [0.2, 0.25) is 0 Å². The van der Waals surface area contributed by atoms with Crippen LogP contribution < -0.4 is 22.6 Å². The number of H-pyrrole nitrogens is 1. The summed E-state index contributed by atoms with van der Waals surface area (Å²) in [6, 6.07) is 15.0. The summed E-state index contributed by atoms with van der Waals surface area (Å²) in [4.78, 5) is 34.0. The van der Waals surface area contributed by atoms with Crippen LogP contribution in [0.3, 0.4) is 0 Å². The van der Waals surface area contributed by atoms with Gasteiger partial charge in [0.1, 0.15) is 0 Å². The topological polar surface area (TPSA) is 144 Å². The average molecular weight is 522 g/mol. The highest BCUT2D eigenvalue weighted by Gasteiger charge is 2.16. The zero-order valence-corrected chi connectivity index (χ0v) is 20.1. The number of carbonyl (C=O) groups is 2. The van der Waals surface area contributed by atoms with Crippen LogP contribution in [0.25, 0.3) is 16.3 Å². The SMILES string of the molecule is C/C(=C1/CC=CC=C1C(N)=O)c1cccc(Br)c1.NNC(=O)Cc1n[nH]c(=O)c2ccccc12. The molecule has 8 nitrogen and oxygen atoms in total. The fraction of sp³-hybridized carbons (Fsp3) is 0.120. The lowest BCUT2D eigenvalue weighted by Gasteiger charge is -2.15. The number of amides is 2. The van der Waals surface area contributed by atoms with Crippen molar-refractivity contribution in [3.05, 3.63) is 104 Å². The van der Waals surface area contributed by atoms with Crippen molar-refractivity contribution in [3.8, 4) is 0 Å². The van der Waals surface area contributed by atoms with E-state index in [2.05, 4.69) is 26.1 Å². The van der Waals surface area contributed by atoms with Crippen LogP contribution in [0, 0.1) is 0 Å². The Hall–Kier alpha value is -3.82. The Kier molecular flexibility index (Phi) is 8.29. The summed E-state index contributed by atoms with van der Waals surface area (Å²) in [7, 11) is 0. The van der Waals surface area contributed by atoms with Crippen molar-refractivity contribution in [3.63, 3.8) is 0 Å². The van der Waals surface area contributed by atoms with Gasteiger partial charge in [0.15, 0.2) is 0 Å². The minimum atomic E-state index is -0.372. The first kappa shape index (κ1) is 24.8. The van der Waals surface area contributed by atoms with Gasteiger partial charge in [0.05, 0.1) is 17.5 Å². The average Bonchev–Trinajstić information content (AvgIpc) is 2.85. The summed E-state index contributed by atoms with van der Waals surface area (Å²) in [5.41, 5.74) is 11.5. The summed E-state index contributed by atoms with van der Waals surface area (Å²) >= 11 is 3.46. The van der Waals surface area contributed by atoms with E-state index in [1.165, 1.54) is 0 Å². The highest BCUT2D eigenvalue weighted by molar-refractivity contribution is 9.10. The first-order valence-electron chi connectivity index (χ1n) is 10.4. The number of nitrogens with zero attached hydrogens (tertiary/aromatic N) is 1. The fourth-order valence-corrected chi connectivity index (χ4v) is 3.95. The zero-order chi connectivity index (χ0) is 24.7. The molecule has 1 heterocycles. The van der Waals surface area contributed by atoms with Gasteiger partial charge in [-0.15, -0.1) is 0 Å². The first-order valence-corrected chi connectivity index (χ1v) is 11.2. The van der Waals surface area contributed by atoms with Crippen LogP contribution >= 0.6 is 15.9 Å². The van der Waals surface area contributed by atoms with E-state index >= 15 is 0 Å². The number of benzene rings is 2. The van der Waals surface area contributed by atoms with Crippen molar-refractivity contribution in [1.29, 1.82) is 0 Å². The van der Waals surface area contributed by atoms with Crippen LogP contribution in [0.1, 0.15) is 24.6 Å². The third-order valence-electron chi connectivity index (χ3n) is 5.29. The van der Waals surface area contributed by atoms with E-state index in [-0.39, 0.29) is 23.8 Å². The largest absolute Gasteiger partial charge is 0.366 e. The van der Waals surface area contributed by atoms with Crippen molar-refractivity contribution in [2.45, 2.75) is 19.8 Å². The summed E-state index contributed by atoms with van der Waals surface area (Å²) in [5, 5.41) is 7.36. The minimum absolute atomic E-state index is 0.0355. The molecule has 0 aliphatic heterocycles. The third-order valence-corrected chi connectivity index (χ3v) is 5.78. The van der Waals surface area contributed by atoms with E-state index in [4.69, 9.17) is 11.6 Å². The number of fused-ring (bicyclic) bond motifs is 1. The molecule has 0 spiro atoms. The number of hydrogen-bond acceptors (Lipinski definition) is 5. The van der Waals surface area contributed by atoms with Crippen molar-refractivity contribution >= 4 is 44.1 Å². The molecule has 2 aromatic carbocycles. The number of aromatic nitrogens is 2. The number of hydrazine groups is 1. The van der Waals surface area contributed by atoms with Crippen LogP contribution in [-0.2, 0) is 16.0 Å². The Balaban J connectivity index is 0.000000192. The van der Waals surface area contributed by atoms with Gasteiger partial charge in [-0.3, -0.25) is 19.8 Å². The normalized spacial score (nSPS) is 14.0. The molecule has 4 rings (SSSR count). The Morgan fingerprint density at radius 2 is 1.88 bits per heavy atom. The van der Waals surface area contributed by atoms with Crippen molar-refractivity contribution in [2.75, 3.05) is 0 Å². The molecule has 2 amide bonds. The second-order valence-electron chi connectivity index (χ2n) is 7.48. The minimum Gasteiger partial charge on any atom is -0.366 e. The summed E-state index contributed by atoms with van der Waals surface area (Å²) in [6.07, 6.45) is 6.46. The van der Waals surface area contributed by atoms with Crippen LogP contribution in [0.5, 0.6) is 0 Å². The standard InChI is InChI=1S/C15H14BrNO.C10H10N4O2/c1-10(11-5-4-6-12(16)9-11)13-7-2-3-8-14(13)15(17)18;11-12-9(15)5-8-6-3-1-2-4-7(6)10(16)14-13-8/h2-6,8-9H,7H2,1H3,(H2,17,18);1-4H,5,11H2,(H,12,15)(H,14,16)/b13-10+;. The molecular weight excluding hydrogens is 498 g/mol. The third kappa shape index (κ3) is 5.94. The molecular formula is C25H24BrN5O3. The van der Waals surface area contributed by atoms with Gasteiger partial charge in [-0.25, -0.2) is 10.9 Å². The van der Waals surface area contributed by atoms with Crippen LogP contribution in [-0.4, -0.2) is 22.0 Å². The van der Waals surface area contributed by atoms with Gasteiger partial charge in [0, 0.05) is 15.4 Å². The maximum Gasteiger partial charge on any atom is 0.272 e. The first-order chi connectivity index (χ1) is 16.3. The van der Waals surface area contributed by atoms with Crippen LogP contribution in [0.15, 0.2) is 87.2 Å². The highest BCUT2D eigenvalue weighted by Crippen LogP contribution is 2.29. The molecule has 1 aliphatic rings. The molecule has 0 fully saturated rings. The maximum atomic E-state index is 11.4. The Labute approximate surface area is 204 Å². The summed E-state index contributed by atoms with van der Waals surface area (Å²) < 4.78 is 1.02. The van der Waals surface area contributed by atoms with Gasteiger partial charge in [0.25, 0.3) is 5.56 Å². The number of rotatable bonds is 4. The molecule has 1 aromatic heterocycles. The number of carbonyl (C=O) groups excluding carboxylic acids is 2. The lowest BCUT2D eigenvalue weighted by atomic mass is 9.90. The number of nitrogens with two attached hydrogens (primary N) is 2. The van der Waals surface area contributed by atoms with Crippen molar-refractivity contribution < 1.29 is 9.59 Å². The summed E-state index contributed by atoms with van der Waals surface area (Å²) in [6.45, 7) is 2.02. The number of allylic oxidation sites excluding steroid dienone is 4. The van der Waals surface area contributed by atoms with Gasteiger partial charge >= 0.3 is 0 Å². The molecule has 0 unspecified atom stereocenters. The molecule has 6 N–H and O–H groups in total. The van der Waals surface area contributed by atoms with Crippen LogP contribution in [0.4, 0.5) is 0 Å². The maximum absolute atomic E-state index is 11.4. The molecule has 0 bridgehead atoms. The van der Waals surface area contributed by atoms with E-state index in [9.17, 15) is 14.4 Å². The number of aromatic amines is 1. The monoisotopic (exact) mass is 521 g/mol. The molecule has 0 atom stereocenters. The van der Waals surface area contributed by atoms with Gasteiger partial charge in [-0.05, 0) is 54.3 Å². The number of hydrogen-bond donors (Lipinski definition) is 4. The Morgan fingerprint density at radius 3 is 2.56 bits per heavy atom. The van der Waals surface area contributed by atoms with Gasteiger partial charge in [0.2, 0.25) is 11.8 Å². The van der Waals surface area contributed by atoms with Gasteiger partial charge < -0.3 is 5.73 Å². The van der Waals surface area contributed by atoms with E-state index in [1.54, 1.807) is 30.3 Å². The van der Waals surface area contributed by atoms with E-state index in [0.717, 1.165) is 27.6 Å². The predicted molar refractivity (Wildman–Crippen MR) is 136 cm³/mol. The second-order valence-corrected chi connectivity index (χ2v) is 8.40. The van der Waals surface area contributed by atoms with E-state index < -0.39 is 0 Å². The number of primary amides is 1. The van der Waals surface area contributed by atoms with E-state index in [1.807, 2.05) is 48.8 Å². The fourth-order valence-electron chi connectivity index (χ4n) is 3.55. The summed E-state index contributed by atoms with van der Waals surface area (Å²) in [5.74, 6) is 4.27. The second kappa shape index (κ2) is 11.4. The molecule has 9 heteroatoms. The molecule has 1 aliphatic carbocycles. The lowest BCUT2D eigenvalue weighted by molar-refractivity contribution is -0.120. The number of halogens is 1. The predicted octanol–water partition coefficient (Wildman–Crippen LogP) is 3.05. The highest BCUT2D eigenvalue weighted by atomic mass is 79.9. The molecule has 3 aromatic rings. The smallest absolute Gasteiger partial charge is 0.272 e.